The number of para-hydroxylation sites is 1. The number of carbonyl (C=O) groups is 2. The summed E-state index contributed by atoms with van der Waals surface area (Å²) < 4.78 is 0. The lowest BCUT2D eigenvalue weighted by Crippen LogP contribution is -2.44. The van der Waals surface area contributed by atoms with Gasteiger partial charge in [-0.05, 0) is 24.1 Å². The van der Waals surface area contributed by atoms with E-state index in [9.17, 15) is 9.59 Å². The zero-order chi connectivity index (χ0) is 18.7. The smallest absolute Gasteiger partial charge is 0.253 e. The van der Waals surface area contributed by atoms with Gasteiger partial charge in [0.25, 0.3) is 5.91 Å². The number of hydrogen-bond acceptors (Lipinski definition) is 4. The highest BCUT2D eigenvalue weighted by Crippen LogP contribution is 2.50. The fourth-order valence-corrected chi connectivity index (χ4v) is 5.25. The molecule has 5 nitrogen and oxygen atoms in total. The molecule has 0 saturated carbocycles. The number of rotatable bonds is 2. The molecule has 0 spiro atoms. The predicted molar refractivity (Wildman–Crippen MR) is 103 cm³/mol. The number of hydrazine groups is 1. The Bertz CT molecular complexity index is 916. The first kappa shape index (κ1) is 17.2. The van der Waals surface area contributed by atoms with E-state index in [-0.39, 0.29) is 17.9 Å². The van der Waals surface area contributed by atoms with E-state index >= 15 is 0 Å². The molecule has 0 radical (unpaired) electrons. The third-order valence-corrected chi connectivity index (χ3v) is 6.32. The molecule has 5 rings (SSSR count). The molecule has 0 aliphatic carbocycles. The van der Waals surface area contributed by atoms with Crippen LogP contribution in [0, 0.1) is 5.92 Å². The van der Waals surface area contributed by atoms with Crippen LogP contribution in [0.1, 0.15) is 18.0 Å². The van der Waals surface area contributed by atoms with Crippen LogP contribution in [0.15, 0.2) is 48.5 Å². The van der Waals surface area contributed by atoms with Crippen LogP contribution in [-0.2, 0) is 9.59 Å². The summed E-state index contributed by atoms with van der Waals surface area (Å²) in [5.74, 6) is -0.943. The van der Waals surface area contributed by atoms with Crippen molar-refractivity contribution in [2.24, 2.45) is 5.92 Å². The third kappa shape index (κ3) is 2.39. The molecule has 7 heteroatoms. The first-order chi connectivity index (χ1) is 13.1. The summed E-state index contributed by atoms with van der Waals surface area (Å²) in [4.78, 5) is 28.0. The second-order valence-corrected chi connectivity index (χ2v) is 7.90. The van der Waals surface area contributed by atoms with Crippen molar-refractivity contribution in [3.63, 3.8) is 0 Å². The number of amides is 2. The molecule has 0 bridgehead atoms. The second-order valence-electron chi connectivity index (χ2n) is 7.09. The summed E-state index contributed by atoms with van der Waals surface area (Å²) in [6, 6.07) is 14.3. The van der Waals surface area contributed by atoms with Gasteiger partial charge in [0, 0.05) is 13.1 Å². The molecule has 0 aromatic heterocycles. The van der Waals surface area contributed by atoms with Gasteiger partial charge < -0.3 is 0 Å². The Hall–Kier alpha value is -1.92. The molecule has 3 fully saturated rings. The van der Waals surface area contributed by atoms with E-state index < -0.39 is 12.0 Å². The van der Waals surface area contributed by atoms with Gasteiger partial charge in [0.1, 0.15) is 6.04 Å². The van der Waals surface area contributed by atoms with Crippen molar-refractivity contribution < 1.29 is 9.59 Å². The number of nitrogens with zero attached hydrogens (tertiary/aromatic N) is 3. The minimum Gasteiger partial charge on any atom is -0.274 e. The molecular weight excluding hydrogens is 385 g/mol. The lowest BCUT2D eigenvalue weighted by Gasteiger charge is -2.30. The maximum Gasteiger partial charge on any atom is 0.253 e. The van der Waals surface area contributed by atoms with Crippen LogP contribution in [0.5, 0.6) is 0 Å². The number of anilines is 1. The first-order valence-electron chi connectivity index (χ1n) is 8.99. The minimum absolute atomic E-state index is 0.151. The Balaban J connectivity index is 1.63. The third-order valence-electron chi connectivity index (χ3n) is 5.71. The van der Waals surface area contributed by atoms with E-state index in [2.05, 4.69) is 10.0 Å². The fourth-order valence-electron chi connectivity index (χ4n) is 4.69. The van der Waals surface area contributed by atoms with Gasteiger partial charge >= 0.3 is 0 Å². The molecule has 3 saturated heterocycles. The van der Waals surface area contributed by atoms with Crippen LogP contribution < -0.4 is 4.90 Å². The van der Waals surface area contributed by atoms with E-state index in [1.54, 1.807) is 18.2 Å². The molecule has 2 amide bonds. The monoisotopic (exact) mass is 401 g/mol. The summed E-state index contributed by atoms with van der Waals surface area (Å²) in [6.45, 7) is 1.62. The molecule has 3 atom stereocenters. The number of hydrogen-bond donors (Lipinski definition) is 0. The standard InChI is InChI=1S/C20H17Cl2N3O2/c21-13-8-4-9-14(22)17(13)25-19(26)15-16(12-6-2-1-3-7-12)23-10-5-11-24(23)18(15)20(25)27/h1-4,6-9,15-16,18H,5,10-11H2/t15-,16+,18-/m0/s1. The van der Waals surface area contributed by atoms with Crippen LogP contribution in [0.25, 0.3) is 0 Å². The van der Waals surface area contributed by atoms with Crippen LogP contribution >= 0.6 is 23.2 Å². The Morgan fingerprint density at radius 3 is 2.07 bits per heavy atom. The Morgan fingerprint density at radius 2 is 1.41 bits per heavy atom. The topological polar surface area (TPSA) is 43.9 Å². The van der Waals surface area contributed by atoms with E-state index in [4.69, 9.17) is 23.2 Å². The summed E-state index contributed by atoms with van der Waals surface area (Å²) in [5.41, 5.74) is 1.34. The number of carbonyl (C=O) groups excluding carboxylic acids is 2. The van der Waals surface area contributed by atoms with Crippen molar-refractivity contribution in [3.8, 4) is 0 Å². The van der Waals surface area contributed by atoms with Crippen molar-refractivity contribution in [2.45, 2.75) is 18.5 Å². The van der Waals surface area contributed by atoms with Gasteiger partial charge in [0.05, 0.1) is 27.7 Å². The lowest BCUT2D eigenvalue weighted by atomic mass is 9.90. The zero-order valence-electron chi connectivity index (χ0n) is 14.4. The van der Waals surface area contributed by atoms with E-state index in [0.717, 1.165) is 25.1 Å². The van der Waals surface area contributed by atoms with Crippen LogP contribution in [0.4, 0.5) is 5.69 Å². The van der Waals surface area contributed by atoms with E-state index in [0.29, 0.717) is 15.7 Å². The second kappa shape index (κ2) is 6.31. The van der Waals surface area contributed by atoms with Gasteiger partial charge in [0.15, 0.2) is 0 Å². The van der Waals surface area contributed by atoms with Crippen molar-refractivity contribution in [3.05, 3.63) is 64.1 Å². The lowest BCUT2D eigenvalue weighted by molar-refractivity contribution is -0.126. The van der Waals surface area contributed by atoms with Gasteiger partial charge in [-0.15, -0.1) is 0 Å². The summed E-state index contributed by atoms with van der Waals surface area (Å²) >= 11 is 12.6. The number of fused-ring (bicyclic) bond motifs is 3. The van der Waals surface area contributed by atoms with Gasteiger partial charge in [-0.3, -0.25) is 9.59 Å². The molecule has 138 valence electrons. The average Bonchev–Trinajstić information content (AvgIpc) is 3.30. The molecule has 27 heavy (non-hydrogen) atoms. The van der Waals surface area contributed by atoms with Crippen molar-refractivity contribution in [1.29, 1.82) is 0 Å². The normalized spacial score (nSPS) is 28.1. The maximum atomic E-state index is 13.5. The van der Waals surface area contributed by atoms with Gasteiger partial charge in [-0.25, -0.2) is 14.9 Å². The van der Waals surface area contributed by atoms with Crippen LogP contribution in [0.3, 0.4) is 0 Å². The first-order valence-corrected chi connectivity index (χ1v) is 9.75. The van der Waals surface area contributed by atoms with Crippen molar-refractivity contribution in [1.82, 2.24) is 10.0 Å². The Labute approximate surface area is 167 Å². The average molecular weight is 402 g/mol. The largest absolute Gasteiger partial charge is 0.274 e. The molecule has 0 unspecified atom stereocenters. The summed E-state index contributed by atoms with van der Waals surface area (Å²) in [5, 5.41) is 4.86. The molecule has 3 aliphatic rings. The highest BCUT2D eigenvalue weighted by molar-refractivity contribution is 6.42. The molecule has 2 aromatic carbocycles. The van der Waals surface area contributed by atoms with E-state index in [1.165, 1.54) is 4.90 Å². The van der Waals surface area contributed by atoms with Gasteiger partial charge in [-0.2, -0.15) is 0 Å². The molecule has 3 aliphatic heterocycles. The molecule has 0 N–H and O–H groups in total. The predicted octanol–water partition coefficient (Wildman–Crippen LogP) is 3.53. The van der Waals surface area contributed by atoms with Crippen LogP contribution in [0.2, 0.25) is 10.0 Å². The van der Waals surface area contributed by atoms with Crippen LogP contribution in [-0.4, -0.2) is 41.0 Å². The maximum absolute atomic E-state index is 13.5. The van der Waals surface area contributed by atoms with Gasteiger partial charge in [-0.1, -0.05) is 59.6 Å². The number of imide groups is 1. The molecular formula is C20H17Cl2N3O2. The number of halogens is 2. The quantitative estimate of drug-likeness (QED) is 0.721. The Morgan fingerprint density at radius 1 is 0.778 bits per heavy atom. The summed E-state index contributed by atoms with van der Waals surface area (Å²) in [6.07, 6.45) is 0.973. The van der Waals surface area contributed by atoms with Crippen molar-refractivity contribution >= 4 is 40.7 Å². The zero-order valence-corrected chi connectivity index (χ0v) is 15.9. The SMILES string of the molecule is O=C1[C@@H]2[C@@H](C(=O)N1c1c(Cl)cccc1Cl)N1CCCN1[C@@H]2c1ccccc1. The fraction of sp³-hybridized carbons (Fsp3) is 0.300. The summed E-state index contributed by atoms with van der Waals surface area (Å²) in [7, 11) is 0. The molecule has 2 aromatic rings. The van der Waals surface area contributed by atoms with Gasteiger partial charge in [0.2, 0.25) is 5.91 Å². The van der Waals surface area contributed by atoms with Crippen molar-refractivity contribution in [2.75, 3.05) is 18.0 Å². The van der Waals surface area contributed by atoms with E-state index in [1.807, 2.05) is 30.3 Å². The molecule has 3 heterocycles. The highest BCUT2D eigenvalue weighted by Gasteiger charge is 2.63. The highest BCUT2D eigenvalue weighted by atomic mass is 35.5. The Kier molecular flexibility index (Phi) is 4.02. The minimum atomic E-state index is -0.502. The number of benzene rings is 2.